The summed E-state index contributed by atoms with van der Waals surface area (Å²) in [7, 11) is 0. The Morgan fingerprint density at radius 3 is 2.39 bits per heavy atom. The predicted molar refractivity (Wildman–Crippen MR) is 67.0 cm³/mol. The van der Waals surface area contributed by atoms with Crippen molar-refractivity contribution in [1.82, 2.24) is 0 Å². The molecule has 0 aliphatic heterocycles. The monoisotopic (exact) mass is 238 g/mol. The van der Waals surface area contributed by atoms with Gasteiger partial charge >= 0.3 is 5.97 Å². The quantitative estimate of drug-likeness (QED) is 0.709. The molecule has 0 bridgehead atoms. The molecule has 18 heavy (non-hydrogen) atoms. The third kappa shape index (κ3) is 1.37. The highest BCUT2D eigenvalue weighted by Gasteiger charge is 2.27. The molecule has 2 aromatic rings. The summed E-state index contributed by atoms with van der Waals surface area (Å²) in [6.07, 6.45) is 0. The molecule has 0 spiro atoms. The molecule has 0 radical (unpaired) electrons. The fraction of sp³-hybridized carbons (Fsp3) is 0.0667. The molecule has 0 aromatic heterocycles. The Kier molecular flexibility index (Phi) is 2.10. The standard InChI is InChI=1S/C15H10O3/c1-8-2-4-10-12-7-9(15(17)18)3-5-11(12)14(16)13(10)6-8/h2-7H,1H3,(H,17,18). The molecule has 1 aliphatic carbocycles. The van der Waals surface area contributed by atoms with Crippen molar-refractivity contribution < 1.29 is 14.7 Å². The lowest BCUT2D eigenvalue weighted by Gasteiger charge is -2.01. The third-order valence-electron chi connectivity index (χ3n) is 3.22. The van der Waals surface area contributed by atoms with E-state index >= 15 is 0 Å². The molecular formula is C15H10O3. The number of aryl methyl sites for hydroxylation is 1. The smallest absolute Gasteiger partial charge is 0.335 e. The Labute approximate surface area is 104 Å². The number of aromatic carboxylic acids is 1. The number of carbonyl (C=O) groups excluding carboxylic acids is 1. The highest BCUT2D eigenvalue weighted by Crippen LogP contribution is 2.37. The van der Waals surface area contributed by atoms with Crippen molar-refractivity contribution in [2.24, 2.45) is 0 Å². The maximum absolute atomic E-state index is 12.2. The summed E-state index contributed by atoms with van der Waals surface area (Å²) >= 11 is 0. The van der Waals surface area contributed by atoms with E-state index in [-0.39, 0.29) is 11.3 Å². The van der Waals surface area contributed by atoms with Gasteiger partial charge in [0.25, 0.3) is 0 Å². The number of rotatable bonds is 1. The van der Waals surface area contributed by atoms with Crippen LogP contribution < -0.4 is 0 Å². The van der Waals surface area contributed by atoms with Crippen LogP contribution in [-0.4, -0.2) is 16.9 Å². The Hall–Kier alpha value is -2.42. The molecule has 88 valence electrons. The number of carboxylic acids is 1. The number of hydrogen-bond donors (Lipinski definition) is 1. The van der Waals surface area contributed by atoms with Gasteiger partial charge in [0.1, 0.15) is 0 Å². The second-order valence-electron chi connectivity index (χ2n) is 4.44. The normalized spacial score (nSPS) is 12.2. The van der Waals surface area contributed by atoms with E-state index in [1.165, 1.54) is 6.07 Å². The van der Waals surface area contributed by atoms with Crippen molar-refractivity contribution in [2.75, 3.05) is 0 Å². The zero-order valence-electron chi connectivity index (χ0n) is 9.73. The molecule has 3 heteroatoms. The van der Waals surface area contributed by atoms with Crippen LogP contribution in [0.4, 0.5) is 0 Å². The minimum absolute atomic E-state index is 0.0272. The van der Waals surface area contributed by atoms with Crippen molar-refractivity contribution in [3.05, 3.63) is 58.7 Å². The molecule has 1 N–H and O–H groups in total. The van der Waals surface area contributed by atoms with Crippen LogP contribution in [-0.2, 0) is 0 Å². The summed E-state index contributed by atoms with van der Waals surface area (Å²) < 4.78 is 0. The lowest BCUT2D eigenvalue weighted by Crippen LogP contribution is -1.98. The van der Waals surface area contributed by atoms with Crippen LogP contribution in [0.2, 0.25) is 0 Å². The Balaban J connectivity index is 2.29. The van der Waals surface area contributed by atoms with Crippen LogP contribution in [0.15, 0.2) is 36.4 Å². The molecule has 2 aromatic carbocycles. The minimum Gasteiger partial charge on any atom is -0.478 e. The molecule has 0 unspecified atom stereocenters. The van der Waals surface area contributed by atoms with Crippen molar-refractivity contribution >= 4 is 11.8 Å². The number of ketones is 1. The van der Waals surface area contributed by atoms with Gasteiger partial charge in [0.15, 0.2) is 5.78 Å². The molecule has 0 saturated carbocycles. The number of carboxylic acid groups (broad SMARTS) is 1. The SMILES string of the molecule is Cc1ccc2c(c1)C(=O)c1ccc(C(=O)O)cc1-2. The van der Waals surface area contributed by atoms with E-state index in [1.807, 2.05) is 25.1 Å². The first-order valence-electron chi connectivity index (χ1n) is 5.61. The Morgan fingerprint density at radius 2 is 1.67 bits per heavy atom. The summed E-state index contributed by atoms with van der Waals surface area (Å²) in [5, 5.41) is 8.99. The largest absolute Gasteiger partial charge is 0.478 e. The van der Waals surface area contributed by atoms with Gasteiger partial charge in [-0.05, 0) is 42.3 Å². The van der Waals surface area contributed by atoms with Crippen LogP contribution >= 0.6 is 0 Å². The van der Waals surface area contributed by atoms with Gasteiger partial charge in [-0.3, -0.25) is 4.79 Å². The second-order valence-corrected chi connectivity index (χ2v) is 4.44. The van der Waals surface area contributed by atoms with E-state index in [4.69, 9.17) is 5.11 Å². The van der Waals surface area contributed by atoms with Crippen molar-refractivity contribution in [1.29, 1.82) is 0 Å². The van der Waals surface area contributed by atoms with Crippen LogP contribution in [0, 0.1) is 6.92 Å². The maximum atomic E-state index is 12.2. The molecule has 0 amide bonds. The Bertz CT molecular complexity index is 699. The summed E-state index contributed by atoms with van der Waals surface area (Å²) in [6.45, 7) is 1.93. The van der Waals surface area contributed by atoms with Crippen molar-refractivity contribution in [3.63, 3.8) is 0 Å². The van der Waals surface area contributed by atoms with E-state index in [0.717, 1.165) is 16.7 Å². The summed E-state index contributed by atoms with van der Waals surface area (Å²) in [6, 6.07) is 10.3. The highest BCUT2D eigenvalue weighted by molar-refractivity contribution is 6.22. The third-order valence-corrected chi connectivity index (χ3v) is 3.22. The molecule has 0 saturated heterocycles. The molecule has 3 rings (SSSR count). The van der Waals surface area contributed by atoms with Gasteiger partial charge in [0, 0.05) is 11.1 Å². The van der Waals surface area contributed by atoms with E-state index in [0.29, 0.717) is 11.1 Å². The van der Waals surface area contributed by atoms with Crippen molar-refractivity contribution in [3.8, 4) is 11.1 Å². The van der Waals surface area contributed by atoms with Gasteiger partial charge in [-0.1, -0.05) is 17.7 Å². The molecular weight excluding hydrogens is 228 g/mol. The topological polar surface area (TPSA) is 54.4 Å². The number of benzene rings is 2. The first-order chi connectivity index (χ1) is 8.58. The average molecular weight is 238 g/mol. The van der Waals surface area contributed by atoms with E-state index in [1.54, 1.807) is 12.1 Å². The van der Waals surface area contributed by atoms with Gasteiger partial charge in [-0.15, -0.1) is 0 Å². The first-order valence-corrected chi connectivity index (χ1v) is 5.61. The fourth-order valence-electron chi connectivity index (χ4n) is 2.32. The molecule has 0 fully saturated rings. The number of carbonyl (C=O) groups is 2. The van der Waals surface area contributed by atoms with E-state index in [2.05, 4.69) is 0 Å². The minimum atomic E-state index is -0.981. The zero-order chi connectivity index (χ0) is 12.9. The molecule has 3 nitrogen and oxygen atoms in total. The lowest BCUT2D eigenvalue weighted by molar-refractivity contribution is 0.0696. The summed E-state index contributed by atoms with van der Waals surface area (Å²) in [5.74, 6) is -1.01. The van der Waals surface area contributed by atoms with Gasteiger partial charge in [-0.2, -0.15) is 0 Å². The number of fused-ring (bicyclic) bond motifs is 3. The van der Waals surface area contributed by atoms with Crippen LogP contribution in [0.25, 0.3) is 11.1 Å². The fourth-order valence-corrected chi connectivity index (χ4v) is 2.32. The Morgan fingerprint density at radius 1 is 0.944 bits per heavy atom. The average Bonchev–Trinajstić information content (AvgIpc) is 2.62. The first kappa shape index (κ1) is 10.7. The van der Waals surface area contributed by atoms with Crippen molar-refractivity contribution in [2.45, 2.75) is 6.92 Å². The predicted octanol–water partition coefficient (Wildman–Crippen LogP) is 2.90. The molecule has 0 atom stereocenters. The van der Waals surface area contributed by atoms with Gasteiger partial charge in [-0.25, -0.2) is 4.79 Å². The summed E-state index contributed by atoms with van der Waals surface area (Å²) in [5.41, 5.74) is 4.01. The van der Waals surface area contributed by atoms with Crippen LogP contribution in [0.3, 0.4) is 0 Å². The summed E-state index contributed by atoms with van der Waals surface area (Å²) in [4.78, 5) is 23.1. The second kappa shape index (κ2) is 3.53. The highest BCUT2D eigenvalue weighted by atomic mass is 16.4. The van der Waals surface area contributed by atoms with Gasteiger partial charge in [0.2, 0.25) is 0 Å². The number of hydrogen-bond acceptors (Lipinski definition) is 2. The van der Waals surface area contributed by atoms with E-state index < -0.39 is 5.97 Å². The van der Waals surface area contributed by atoms with Crippen LogP contribution in [0.5, 0.6) is 0 Å². The zero-order valence-corrected chi connectivity index (χ0v) is 9.73. The molecule has 0 heterocycles. The maximum Gasteiger partial charge on any atom is 0.335 e. The molecule has 1 aliphatic rings. The van der Waals surface area contributed by atoms with E-state index in [9.17, 15) is 9.59 Å². The van der Waals surface area contributed by atoms with Crippen LogP contribution in [0.1, 0.15) is 31.8 Å². The van der Waals surface area contributed by atoms with Gasteiger partial charge in [0.05, 0.1) is 5.56 Å². The lowest BCUT2D eigenvalue weighted by atomic mass is 10.0. The van der Waals surface area contributed by atoms with Gasteiger partial charge < -0.3 is 5.11 Å².